The monoisotopic (exact) mass is 283 g/mol. The Hall–Kier alpha value is -0.940. The molecule has 0 fully saturated rings. The highest BCUT2D eigenvalue weighted by molar-refractivity contribution is 9.10. The molecule has 0 aliphatic heterocycles. The van der Waals surface area contributed by atoms with E-state index in [1.807, 2.05) is 31.5 Å². The summed E-state index contributed by atoms with van der Waals surface area (Å²) in [6.45, 7) is 2.02. The number of nitrogens with zero attached hydrogens (tertiary/aromatic N) is 2. The van der Waals surface area contributed by atoms with Crippen LogP contribution in [0.2, 0.25) is 0 Å². The predicted octanol–water partition coefficient (Wildman–Crippen LogP) is 3.32. The number of hydrogen-bond donors (Lipinski definition) is 1. The second kappa shape index (κ2) is 4.28. The van der Waals surface area contributed by atoms with E-state index in [2.05, 4.69) is 31.4 Å². The maximum absolute atomic E-state index is 4.17. The van der Waals surface area contributed by atoms with Crippen LogP contribution in [0.4, 0.5) is 5.82 Å². The molecule has 1 N–H and O–H groups in total. The average Bonchev–Trinajstić information content (AvgIpc) is 2.65. The lowest BCUT2D eigenvalue weighted by molar-refractivity contribution is 1.02. The van der Waals surface area contributed by atoms with Gasteiger partial charge in [0.05, 0.1) is 4.88 Å². The normalized spacial score (nSPS) is 10.3. The third-order valence-corrected chi connectivity index (χ3v) is 3.75. The van der Waals surface area contributed by atoms with Crippen molar-refractivity contribution in [3.05, 3.63) is 27.5 Å². The Morgan fingerprint density at radius 1 is 1.33 bits per heavy atom. The number of nitrogens with one attached hydrogen (secondary N) is 1. The molecular formula is C10H10BrN3S. The molecule has 0 unspecified atom stereocenters. The molecule has 5 heteroatoms. The fraction of sp³-hybridized carbons (Fsp3) is 0.200. The first-order valence-electron chi connectivity index (χ1n) is 4.47. The minimum absolute atomic E-state index is 0.828. The van der Waals surface area contributed by atoms with Crippen molar-refractivity contribution in [1.82, 2.24) is 10.2 Å². The topological polar surface area (TPSA) is 37.8 Å². The van der Waals surface area contributed by atoms with Gasteiger partial charge in [0.1, 0.15) is 5.69 Å². The summed E-state index contributed by atoms with van der Waals surface area (Å²) in [4.78, 5) is 1.13. The van der Waals surface area contributed by atoms with Crippen molar-refractivity contribution >= 4 is 33.1 Å². The van der Waals surface area contributed by atoms with Gasteiger partial charge in [0, 0.05) is 16.9 Å². The Kier molecular flexibility index (Phi) is 3.02. The molecule has 0 aliphatic carbocycles. The number of halogens is 1. The van der Waals surface area contributed by atoms with Crippen LogP contribution in [0.1, 0.15) is 5.56 Å². The van der Waals surface area contributed by atoms with Gasteiger partial charge in [-0.05, 0) is 40.5 Å². The Labute approximate surface area is 101 Å². The molecular weight excluding hydrogens is 274 g/mol. The molecule has 0 bridgehead atoms. The van der Waals surface area contributed by atoms with Crippen molar-refractivity contribution in [3.8, 4) is 10.6 Å². The fourth-order valence-electron chi connectivity index (χ4n) is 1.30. The zero-order valence-corrected chi connectivity index (χ0v) is 10.8. The maximum atomic E-state index is 4.17. The lowest BCUT2D eigenvalue weighted by Crippen LogP contribution is -1.98. The Balaban J connectivity index is 2.42. The van der Waals surface area contributed by atoms with Crippen LogP contribution in [0.5, 0.6) is 0 Å². The molecule has 0 amide bonds. The molecule has 15 heavy (non-hydrogen) atoms. The summed E-state index contributed by atoms with van der Waals surface area (Å²) in [5, 5.41) is 13.3. The van der Waals surface area contributed by atoms with Crippen LogP contribution in [-0.2, 0) is 0 Å². The number of hydrogen-bond acceptors (Lipinski definition) is 4. The van der Waals surface area contributed by atoms with Gasteiger partial charge in [0.2, 0.25) is 0 Å². The standard InChI is InChI=1S/C10H10BrN3S/c1-6-3-8(13-14-10(6)12-2)9-4-7(11)5-15-9/h3-5H,1-2H3,(H,12,14). The summed E-state index contributed by atoms with van der Waals surface area (Å²) < 4.78 is 1.08. The number of rotatable bonds is 2. The van der Waals surface area contributed by atoms with Crippen LogP contribution in [0.15, 0.2) is 22.0 Å². The SMILES string of the molecule is CNc1nnc(-c2cc(Br)cs2)cc1C. The van der Waals surface area contributed by atoms with Crippen molar-refractivity contribution in [2.75, 3.05) is 12.4 Å². The maximum Gasteiger partial charge on any atom is 0.151 e. The lowest BCUT2D eigenvalue weighted by atomic mass is 10.2. The summed E-state index contributed by atoms with van der Waals surface area (Å²) in [7, 11) is 1.85. The summed E-state index contributed by atoms with van der Waals surface area (Å²) in [5.74, 6) is 0.828. The van der Waals surface area contributed by atoms with E-state index in [1.165, 1.54) is 0 Å². The first-order valence-corrected chi connectivity index (χ1v) is 6.14. The minimum atomic E-state index is 0.828. The van der Waals surface area contributed by atoms with E-state index in [4.69, 9.17) is 0 Å². The zero-order chi connectivity index (χ0) is 10.8. The molecule has 0 spiro atoms. The number of aromatic nitrogens is 2. The van der Waals surface area contributed by atoms with Gasteiger partial charge in [-0.3, -0.25) is 0 Å². The van der Waals surface area contributed by atoms with Crippen LogP contribution in [0.3, 0.4) is 0 Å². The van der Waals surface area contributed by atoms with Crippen LogP contribution in [-0.4, -0.2) is 17.2 Å². The summed E-state index contributed by atoms with van der Waals surface area (Å²) in [5.41, 5.74) is 2.02. The third kappa shape index (κ3) is 2.18. The van der Waals surface area contributed by atoms with Gasteiger partial charge in [-0.25, -0.2) is 0 Å². The molecule has 0 saturated heterocycles. The third-order valence-electron chi connectivity index (χ3n) is 2.04. The van der Waals surface area contributed by atoms with Gasteiger partial charge in [-0.2, -0.15) is 0 Å². The molecule has 2 aromatic rings. The van der Waals surface area contributed by atoms with Crippen LogP contribution >= 0.6 is 27.3 Å². The molecule has 0 aliphatic rings. The molecule has 3 nitrogen and oxygen atoms in total. The van der Waals surface area contributed by atoms with Gasteiger partial charge in [-0.1, -0.05) is 0 Å². The fourth-order valence-corrected chi connectivity index (χ4v) is 2.68. The first kappa shape index (κ1) is 10.6. The van der Waals surface area contributed by atoms with Crippen molar-refractivity contribution in [2.24, 2.45) is 0 Å². The first-order chi connectivity index (χ1) is 7.20. The highest BCUT2D eigenvalue weighted by Crippen LogP contribution is 2.29. The number of thiophene rings is 1. The quantitative estimate of drug-likeness (QED) is 0.919. The predicted molar refractivity (Wildman–Crippen MR) is 67.3 cm³/mol. The van der Waals surface area contributed by atoms with Gasteiger partial charge < -0.3 is 5.32 Å². The van der Waals surface area contributed by atoms with Gasteiger partial charge >= 0.3 is 0 Å². The highest BCUT2D eigenvalue weighted by Gasteiger charge is 2.06. The Morgan fingerprint density at radius 2 is 2.13 bits per heavy atom. The van der Waals surface area contributed by atoms with Crippen LogP contribution in [0.25, 0.3) is 10.6 Å². The molecule has 2 aromatic heterocycles. The van der Waals surface area contributed by atoms with E-state index in [-0.39, 0.29) is 0 Å². The van der Waals surface area contributed by atoms with E-state index in [0.717, 1.165) is 26.4 Å². The molecule has 0 atom stereocenters. The summed E-state index contributed by atoms with van der Waals surface area (Å²) >= 11 is 5.08. The molecule has 0 radical (unpaired) electrons. The zero-order valence-electron chi connectivity index (χ0n) is 8.41. The van der Waals surface area contributed by atoms with Gasteiger partial charge in [0.25, 0.3) is 0 Å². The van der Waals surface area contributed by atoms with E-state index in [9.17, 15) is 0 Å². The minimum Gasteiger partial charge on any atom is -0.371 e. The summed E-state index contributed by atoms with van der Waals surface area (Å²) in [6.07, 6.45) is 0. The lowest BCUT2D eigenvalue weighted by Gasteiger charge is -2.03. The summed E-state index contributed by atoms with van der Waals surface area (Å²) in [6, 6.07) is 4.09. The van der Waals surface area contributed by atoms with E-state index >= 15 is 0 Å². The highest BCUT2D eigenvalue weighted by atomic mass is 79.9. The second-order valence-corrected chi connectivity index (χ2v) is 4.97. The van der Waals surface area contributed by atoms with Crippen LogP contribution < -0.4 is 5.32 Å². The van der Waals surface area contributed by atoms with E-state index in [0.29, 0.717) is 0 Å². The van der Waals surface area contributed by atoms with Crippen molar-refractivity contribution in [2.45, 2.75) is 6.92 Å². The molecule has 2 heterocycles. The van der Waals surface area contributed by atoms with Crippen LogP contribution in [0, 0.1) is 6.92 Å². The molecule has 78 valence electrons. The molecule has 2 rings (SSSR count). The van der Waals surface area contributed by atoms with E-state index < -0.39 is 0 Å². The Morgan fingerprint density at radius 3 is 2.67 bits per heavy atom. The molecule has 0 saturated carbocycles. The smallest absolute Gasteiger partial charge is 0.151 e. The second-order valence-electron chi connectivity index (χ2n) is 3.14. The van der Waals surface area contributed by atoms with E-state index in [1.54, 1.807) is 11.3 Å². The van der Waals surface area contributed by atoms with Crippen molar-refractivity contribution < 1.29 is 0 Å². The number of aryl methyl sites for hydroxylation is 1. The Bertz CT molecular complexity index is 481. The van der Waals surface area contributed by atoms with Gasteiger partial charge in [0.15, 0.2) is 5.82 Å². The molecule has 0 aromatic carbocycles. The number of anilines is 1. The van der Waals surface area contributed by atoms with Crippen molar-refractivity contribution in [3.63, 3.8) is 0 Å². The largest absolute Gasteiger partial charge is 0.371 e. The average molecular weight is 284 g/mol. The van der Waals surface area contributed by atoms with Gasteiger partial charge in [-0.15, -0.1) is 21.5 Å². The van der Waals surface area contributed by atoms with Crippen molar-refractivity contribution in [1.29, 1.82) is 0 Å².